The van der Waals surface area contributed by atoms with Gasteiger partial charge < -0.3 is 9.47 Å². The van der Waals surface area contributed by atoms with Gasteiger partial charge in [-0.25, -0.2) is 0 Å². The molecular formula is C16H17BrO3. The van der Waals surface area contributed by atoms with Gasteiger partial charge in [-0.3, -0.25) is 4.79 Å². The molecule has 0 unspecified atom stereocenters. The van der Waals surface area contributed by atoms with Crippen molar-refractivity contribution < 1.29 is 14.3 Å². The fraction of sp³-hybridized carbons (Fsp3) is 0.312. The summed E-state index contributed by atoms with van der Waals surface area (Å²) in [5.74, 6) is 0.533. The van der Waals surface area contributed by atoms with E-state index in [0.717, 1.165) is 22.1 Å². The van der Waals surface area contributed by atoms with Gasteiger partial charge in [-0.1, -0.05) is 34.1 Å². The Hall–Kier alpha value is -1.55. The first-order valence-corrected chi connectivity index (χ1v) is 7.22. The molecule has 0 aromatic heterocycles. The summed E-state index contributed by atoms with van der Waals surface area (Å²) in [7, 11) is 1.64. The van der Waals surface area contributed by atoms with Crippen LogP contribution < -0.4 is 4.74 Å². The van der Waals surface area contributed by atoms with E-state index >= 15 is 0 Å². The number of methoxy groups -OCH3 is 1. The van der Waals surface area contributed by atoms with Gasteiger partial charge in [0.25, 0.3) is 0 Å². The smallest absolute Gasteiger partial charge is 0.327 e. The molecule has 0 bridgehead atoms. The highest BCUT2D eigenvalue weighted by Crippen LogP contribution is 2.34. The number of hydrogen-bond donors (Lipinski definition) is 0. The van der Waals surface area contributed by atoms with Crippen LogP contribution in [0, 0.1) is 0 Å². The average Bonchev–Trinajstić information content (AvgIpc) is 2.46. The Bertz CT molecular complexity index is 635. The summed E-state index contributed by atoms with van der Waals surface area (Å²) in [5, 5.41) is 2.12. The Balaban J connectivity index is 2.43. The molecule has 3 nitrogen and oxygen atoms in total. The highest BCUT2D eigenvalue weighted by molar-refractivity contribution is 9.10. The van der Waals surface area contributed by atoms with Crippen LogP contribution in [0.25, 0.3) is 10.8 Å². The number of esters is 1. The lowest BCUT2D eigenvalue weighted by molar-refractivity contribution is -0.145. The van der Waals surface area contributed by atoms with E-state index in [2.05, 4.69) is 15.9 Å². The molecule has 0 radical (unpaired) electrons. The zero-order valence-corrected chi connectivity index (χ0v) is 13.4. The van der Waals surface area contributed by atoms with Crippen LogP contribution in [0.3, 0.4) is 0 Å². The van der Waals surface area contributed by atoms with E-state index in [1.807, 2.05) is 36.4 Å². The highest BCUT2D eigenvalue weighted by atomic mass is 79.9. The molecule has 0 aliphatic heterocycles. The second kappa shape index (κ2) is 5.83. The van der Waals surface area contributed by atoms with Gasteiger partial charge in [-0.2, -0.15) is 0 Å². The zero-order chi connectivity index (χ0) is 14.8. The van der Waals surface area contributed by atoms with E-state index < -0.39 is 4.32 Å². The third-order valence-electron chi connectivity index (χ3n) is 3.25. The normalized spacial score (nSPS) is 13.8. The minimum absolute atomic E-state index is 0.284. The zero-order valence-electron chi connectivity index (χ0n) is 11.8. The molecule has 0 heterocycles. The summed E-state index contributed by atoms with van der Waals surface area (Å²) in [5.41, 5.74) is 0.869. The van der Waals surface area contributed by atoms with Gasteiger partial charge >= 0.3 is 5.97 Å². The summed E-state index contributed by atoms with van der Waals surface area (Å²) in [6.45, 7) is 3.97. The summed E-state index contributed by atoms with van der Waals surface area (Å²) in [6, 6.07) is 11.7. The summed E-state index contributed by atoms with van der Waals surface area (Å²) >= 11 is 3.47. The van der Waals surface area contributed by atoms with Gasteiger partial charge in [0.05, 0.1) is 13.7 Å². The Kier molecular flexibility index (Phi) is 4.33. The van der Waals surface area contributed by atoms with Crippen molar-refractivity contribution >= 4 is 32.7 Å². The molecular weight excluding hydrogens is 320 g/mol. The van der Waals surface area contributed by atoms with Crippen molar-refractivity contribution in [1.29, 1.82) is 0 Å². The van der Waals surface area contributed by atoms with Crippen molar-refractivity contribution in [2.75, 3.05) is 13.7 Å². The predicted octanol–water partition coefficient (Wildman–Crippen LogP) is 4.02. The number of carbonyl (C=O) groups is 1. The molecule has 0 saturated heterocycles. The van der Waals surface area contributed by atoms with Gasteiger partial charge in [-0.15, -0.1) is 0 Å². The first-order valence-electron chi connectivity index (χ1n) is 6.43. The first kappa shape index (κ1) is 14.9. The molecule has 20 heavy (non-hydrogen) atoms. The van der Waals surface area contributed by atoms with Gasteiger partial charge in [-0.05, 0) is 48.4 Å². The highest BCUT2D eigenvalue weighted by Gasteiger charge is 2.33. The van der Waals surface area contributed by atoms with Crippen molar-refractivity contribution in [3.8, 4) is 5.75 Å². The topological polar surface area (TPSA) is 35.5 Å². The number of halogens is 1. The van der Waals surface area contributed by atoms with E-state index in [-0.39, 0.29) is 5.97 Å². The minimum atomic E-state index is -0.836. The lowest BCUT2D eigenvalue weighted by Gasteiger charge is -2.21. The average molecular weight is 337 g/mol. The van der Waals surface area contributed by atoms with E-state index in [9.17, 15) is 4.79 Å². The van der Waals surface area contributed by atoms with Crippen LogP contribution in [0.2, 0.25) is 0 Å². The SMILES string of the molecule is CCOC(=O)[C@@](C)(Br)c1ccc2cc(OC)ccc2c1. The molecule has 2 aromatic rings. The van der Waals surface area contributed by atoms with Crippen molar-refractivity contribution in [3.05, 3.63) is 42.0 Å². The van der Waals surface area contributed by atoms with Gasteiger partial charge in [0.15, 0.2) is 0 Å². The fourth-order valence-corrected chi connectivity index (χ4v) is 2.39. The number of hydrogen-bond acceptors (Lipinski definition) is 3. The molecule has 0 aliphatic rings. The number of rotatable bonds is 4. The lowest BCUT2D eigenvalue weighted by atomic mass is 9.97. The van der Waals surface area contributed by atoms with Crippen molar-refractivity contribution in [1.82, 2.24) is 0 Å². The molecule has 0 N–H and O–H groups in total. The summed E-state index contributed by atoms with van der Waals surface area (Å²) in [4.78, 5) is 12.0. The van der Waals surface area contributed by atoms with Gasteiger partial charge in [0, 0.05) is 0 Å². The molecule has 106 valence electrons. The first-order chi connectivity index (χ1) is 9.48. The standard InChI is InChI=1S/C16H17BrO3/c1-4-20-15(18)16(2,17)13-7-5-12-10-14(19-3)8-6-11(12)9-13/h5-10H,4H2,1-3H3/t16-/m0/s1. The van der Waals surface area contributed by atoms with Crippen molar-refractivity contribution in [2.45, 2.75) is 18.2 Å². The van der Waals surface area contributed by atoms with Gasteiger partial charge in [0.1, 0.15) is 10.1 Å². The number of alkyl halides is 1. The Morgan fingerprint density at radius 3 is 2.50 bits per heavy atom. The minimum Gasteiger partial charge on any atom is -0.497 e. The molecule has 0 fully saturated rings. The van der Waals surface area contributed by atoms with E-state index in [0.29, 0.717) is 6.61 Å². The van der Waals surface area contributed by atoms with Gasteiger partial charge in [0.2, 0.25) is 0 Å². The lowest BCUT2D eigenvalue weighted by Crippen LogP contribution is -2.27. The van der Waals surface area contributed by atoms with Crippen LogP contribution in [-0.2, 0) is 13.9 Å². The molecule has 0 spiro atoms. The van der Waals surface area contributed by atoms with Crippen LogP contribution in [0.4, 0.5) is 0 Å². The van der Waals surface area contributed by atoms with Crippen LogP contribution in [-0.4, -0.2) is 19.7 Å². The number of carbonyl (C=O) groups excluding carboxylic acids is 1. The van der Waals surface area contributed by atoms with Crippen molar-refractivity contribution in [3.63, 3.8) is 0 Å². The second-order valence-corrected chi connectivity index (χ2v) is 6.24. The maximum absolute atomic E-state index is 12.0. The van der Waals surface area contributed by atoms with Crippen LogP contribution >= 0.6 is 15.9 Å². The molecule has 4 heteroatoms. The summed E-state index contributed by atoms with van der Waals surface area (Å²) in [6.07, 6.45) is 0. The van der Waals surface area contributed by atoms with Crippen LogP contribution in [0.15, 0.2) is 36.4 Å². The third-order valence-corrected chi connectivity index (χ3v) is 4.03. The number of benzene rings is 2. The Labute approximate surface area is 127 Å². The van der Waals surface area contributed by atoms with Crippen LogP contribution in [0.5, 0.6) is 5.75 Å². The maximum Gasteiger partial charge on any atom is 0.327 e. The molecule has 2 aromatic carbocycles. The second-order valence-electron chi connectivity index (χ2n) is 4.65. The molecule has 2 rings (SSSR count). The largest absolute Gasteiger partial charge is 0.497 e. The van der Waals surface area contributed by atoms with Crippen LogP contribution in [0.1, 0.15) is 19.4 Å². The Morgan fingerprint density at radius 1 is 1.20 bits per heavy atom. The maximum atomic E-state index is 12.0. The number of ether oxygens (including phenoxy) is 2. The van der Waals surface area contributed by atoms with Crippen molar-refractivity contribution in [2.24, 2.45) is 0 Å². The fourth-order valence-electron chi connectivity index (χ4n) is 2.03. The predicted molar refractivity (Wildman–Crippen MR) is 83.4 cm³/mol. The summed E-state index contributed by atoms with van der Waals surface area (Å²) < 4.78 is 9.47. The molecule has 0 aliphatic carbocycles. The van der Waals surface area contributed by atoms with E-state index in [1.54, 1.807) is 21.0 Å². The number of fused-ring (bicyclic) bond motifs is 1. The Morgan fingerprint density at radius 2 is 1.85 bits per heavy atom. The van der Waals surface area contributed by atoms with E-state index in [1.165, 1.54) is 0 Å². The van der Waals surface area contributed by atoms with E-state index in [4.69, 9.17) is 9.47 Å². The molecule has 0 saturated carbocycles. The molecule has 0 amide bonds. The monoisotopic (exact) mass is 336 g/mol. The third kappa shape index (κ3) is 2.80. The molecule has 1 atom stereocenters. The quantitative estimate of drug-likeness (QED) is 0.624.